The van der Waals surface area contributed by atoms with E-state index in [0.29, 0.717) is 23.8 Å². The van der Waals surface area contributed by atoms with Gasteiger partial charge in [-0.2, -0.15) is 13.2 Å². The van der Waals surface area contributed by atoms with E-state index < -0.39 is 11.7 Å². The van der Waals surface area contributed by atoms with Gasteiger partial charge in [-0.25, -0.2) is 0 Å². The molecule has 0 radical (unpaired) electrons. The van der Waals surface area contributed by atoms with Crippen LogP contribution in [0.4, 0.5) is 13.2 Å². The summed E-state index contributed by atoms with van der Waals surface area (Å²) in [5.41, 5.74) is 0.896. The lowest BCUT2D eigenvalue weighted by atomic mass is 9.91. The molecule has 0 aliphatic rings. The number of rotatable bonds is 5. The van der Waals surface area contributed by atoms with Gasteiger partial charge >= 0.3 is 6.18 Å². The number of aromatic nitrogens is 3. The average molecular weight is 338 g/mol. The van der Waals surface area contributed by atoms with Crippen molar-refractivity contribution in [1.29, 1.82) is 0 Å². The van der Waals surface area contributed by atoms with Crippen LogP contribution < -0.4 is 5.32 Å². The van der Waals surface area contributed by atoms with Crippen molar-refractivity contribution in [2.45, 2.75) is 39.9 Å². The van der Waals surface area contributed by atoms with Crippen molar-refractivity contribution >= 4 is 0 Å². The van der Waals surface area contributed by atoms with Crippen molar-refractivity contribution in [2.24, 2.45) is 5.41 Å². The summed E-state index contributed by atoms with van der Waals surface area (Å²) in [6.45, 7) is 10.8. The van der Waals surface area contributed by atoms with E-state index in [-0.39, 0.29) is 5.41 Å². The predicted octanol–water partition coefficient (Wildman–Crippen LogP) is 4.53. The summed E-state index contributed by atoms with van der Waals surface area (Å²) < 4.78 is 37.7. The third-order valence-electron chi connectivity index (χ3n) is 3.27. The number of benzene rings is 1. The average Bonchev–Trinajstić information content (AvgIpc) is 2.91. The third kappa shape index (κ3) is 5.11. The fourth-order valence-electron chi connectivity index (χ4n) is 2.23. The Labute approximate surface area is 139 Å². The maximum Gasteiger partial charge on any atom is 0.416 e. The Kier molecular flexibility index (Phi) is 5.01. The van der Waals surface area contributed by atoms with E-state index in [1.54, 1.807) is 0 Å². The number of nitrogens with zero attached hydrogens (tertiary/aromatic N) is 2. The lowest BCUT2D eigenvalue weighted by Gasteiger charge is -2.20. The Bertz CT molecular complexity index is 694. The predicted molar refractivity (Wildman–Crippen MR) is 86.9 cm³/mol. The van der Waals surface area contributed by atoms with Gasteiger partial charge in [-0.15, -0.1) is 10.2 Å². The minimum absolute atomic E-state index is 0.136. The van der Waals surface area contributed by atoms with Crippen LogP contribution >= 0.6 is 0 Å². The van der Waals surface area contributed by atoms with Crippen LogP contribution in [0, 0.1) is 5.41 Å². The molecule has 4 nitrogen and oxygen atoms in total. The van der Waals surface area contributed by atoms with Gasteiger partial charge in [-0.3, -0.25) is 0 Å². The first-order valence-electron chi connectivity index (χ1n) is 7.55. The molecule has 0 bridgehead atoms. The highest BCUT2D eigenvalue weighted by atomic mass is 19.4. The SMILES string of the molecule is C=C(CC(C)(C)C)NCc1nnc(-c2ccc(C(F)(F)F)cc2)[nH]1. The largest absolute Gasteiger partial charge is 0.416 e. The van der Waals surface area contributed by atoms with Crippen LogP contribution in [0.3, 0.4) is 0 Å². The van der Waals surface area contributed by atoms with Crippen molar-refractivity contribution in [3.63, 3.8) is 0 Å². The zero-order valence-corrected chi connectivity index (χ0v) is 14.0. The summed E-state index contributed by atoms with van der Waals surface area (Å²) in [6.07, 6.45) is -3.52. The molecule has 1 heterocycles. The first-order chi connectivity index (χ1) is 11.0. The summed E-state index contributed by atoms with van der Waals surface area (Å²) in [7, 11) is 0. The standard InChI is InChI=1S/C17H21F3N4/c1-11(9-16(2,3)4)21-10-14-22-15(24-23-14)12-5-7-13(8-6-12)17(18,19)20/h5-8,21H,1,9-10H2,2-4H3,(H,22,23,24). The molecule has 2 aromatic rings. The lowest BCUT2D eigenvalue weighted by Crippen LogP contribution is -2.18. The third-order valence-corrected chi connectivity index (χ3v) is 3.27. The van der Waals surface area contributed by atoms with Gasteiger partial charge in [0.1, 0.15) is 5.82 Å². The van der Waals surface area contributed by atoms with Crippen LogP contribution in [0.2, 0.25) is 0 Å². The molecule has 1 aromatic heterocycles. The first kappa shape index (κ1) is 18.0. The molecule has 0 fully saturated rings. The molecule has 0 saturated heterocycles. The summed E-state index contributed by atoms with van der Waals surface area (Å²) >= 11 is 0. The van der Waals surface area contributed by atoms with Crippen LogP contribution in [0.5, 0.6) is 0 Å². The fraction of sp³-hybridized carbons (Fsp3) is 0.412. The summed E-state index contributed by atoms with van der Waals surface area (Å²) in [4.78, 5) is 3.00. The van der Waals surface area contributed by atoms with Crippen molar-refractivity contribution in [3.05, 3.63) is 47.9 Å². The molecule has 130 valence electrons. The number of halogens is 3. The maximum atomic E-state index is 12.6. The van der Waals surface area contributed by atoms with E-state index >= 15 is 0 Å². The molecule has 0 aliphatic carbocycles. The Hall–Kier alpha value is -2.31. The Morgan fingerprint density at radius 1 is 1.12 bits per heavy atom. The summed E-state index contributed by atoms with van der Waals surface area (Å²) in [5.74, 6) is 1.03. The number of alkyl halides is 3. The van der Waals surface area contributed by atoms with Crippen LogP contribution in [-0.2, 0) is 12.7 Å². The van der Waals surface area contributed by atoms with Crippen LogP contribution in [0.1, 0.15) is 38.6 Å². The number of allylic oxidation sites excluding steroid dienone is 1. The number of hydrogen-bond acceptors (Lipinski definition) is 3. The molecular weight excluding hydrogens is 317 g/mol. The smallest absolute Gasteiger partial charge is 0.382 e. The number of H-pyrrole nitrogens is 1. The van der Waals surface area contributed by atoms with Crippen molar-refractivity contribution in [1.82, 2.24) is 20.5 Å². The molecule has 0 aliphatic heterocycles. The summed E-state index contributed by atoms with van der Waals surface area (Å²) in [6, 6.07) is 4.81. The molecule has 1 aromatic carbocycles. The molecule has 24 heavy (non-hydrogen) atoms. The molecule has 7 heteroatoms. The number of hydrogen-bond donors (Lipinski definition) is 2. The van der Waals surface area contributed by atoms with E-state index in [2.05, 4.69) is 47.8 Å². The zero-order chi connectivity index (χ0) is 18.0. The molecule has 0 spiro atoms. The molecule has 0 atom stereocenters. The van der Waals surface area contributed by atoms with Gasteiger partial charge in [-0.1, -0.05) is 39.5 Å². The molecule has 0 unspecified atom stereocenters. The molecule has 0 saturated carbocycles. The molecule has 2 N–H and O–H groups in total. The van der Waals surface area contributed by atoms with Gasteiger partial charge in [0, 0.05) is 11.3 Å². The maximum absolute atomic E-state index is 12.6. The molecule has 2 rings (SSSR count). The normalized spacial score (nSPS) is 12.2. The highest BCUT2D eigenvalue weighted by molar-refractivity contribution is 5.55. The highest BCUT2D eigenvalue weighted by Gasteiger charge is 2.30. The Morgan fingerprint density at radius 2 is 1.75 bits per heavy atom. The van der Waals surface area contributed by atoms with Crippen molar-refractivity contribution < 1.29 is 13.2 Å². The van der Waals surface area contributed by atoms with Crippen molar-refractivity contribution in [2.75, 3.05) is 0 Å². The van der Waals surface area contributed by atoms with Gasteiger partial charge < -0.3 is 10.3 Å². The topological polar surface area (TPSA) is 53.6 Å². The minimum Gasteiger partial charge on any atom is -0.382 e. The second-order valence-corrected chi connectivity index (χ2v) is 6.89. The monoisotopic (exact) mass is 338 g/mol. The van der Waals surface area contributed by atoms with E-state index in [4.69, 9.17) is 0 Å². The first-order valence-corrected chi connectivity index (χ1v) is 7.55. The van der Waals surface area contributed by atoms with Crippen LogP contribution in [0.25, 0.3) is 11.4 Å². The van der Waals surface area contributed by atoms with Crippen LogP contribution in [0.15, 0.2) is 36.5 Å². The lowest BCUT2D eigenvalue weighted by molar-refractivity contribution is -0.137. The van der Waals surface area contributed by atoms with Crippen molar-refractivity contribution in [3.8, 4) is 11.4 Å². The highest BCUT2D eigenvalue weighted by Crippen LogP contribution is 2.30. The van der Waals surface area contributed by atoms with Gasteiger partial charge in [-0.05, 0) is 24.0 Å². The van der Waals surface area contributed by atoms with E-state index in [0.717, 1.165) is 24.3 Å². The van der Waals surface area contributed by atoms with Gasteiger partial charge in [0.2, 0.25) is 0 Å². The van der Waals surface area contributed by atoms with Gasteiger partial charge in [0.15, 0.2) is 5.82 Å². The Morgan fingerprint density at radius 3 is 2.29 bits per heavy atom. The fourth-order valence-corrected chi connectivity index (χ4v) is 2.23. The number of aromatic amines is 1. The molecule has 0 amide bonds. The Balaban J connectivity index is 1.99. The second kappa shape index (κ2) is 6.67. The van der Waals surface area contributed by atoms with E-state index in [1.807, 2.05) is 0 Å². The number of nitrogens with one attached hydrogen (secondary N) is 2. The minimum atomic E-state index is -4.34. The van der Waals surface area contributed by atoms with Gasteiger partial charge in [0.05, 0.1) is 12.1 Å². The second-order valence-electron chi connectivity index (χ2n) is 6.89. The zero-order valence-electron chi connectivity index (χ0n) is 14.0. The molecular formula is C17H21F3N4. The van der Waals surface area contributed by atoms with Gasteiger partial charge in [0.25, 0.3) is 0 Å². The van der Waals surface area contributed by atoms with E-state index in [1.165, 1.54) is 12.1 Å². The summed E-state index contributed by atoms with van der Waals surface area (Å²) in [5, 5.41) is 11.1. The van der Waals surface area contributed by atoms with Crippen LogP contribution in [-0.4, -0.2) is 15.2 Å². The quantitative estimate of drug-likeness (QED) is 0.842. The van der Waals surface area contributed by atoms with E-state index in [9.17, 15) is 13.2 Å².